The van der Waals surface area contributed by atoms with E-state index >= 15 is 0 Å². The third-order valence-electron chi connectivity index (χ3n) is 9.07. The summed E-state index contributed by atoms with van der Waals surface area (Å²) in [5.41, 5.74) is 16.1. The standard InChI is InChI=1S/C41H27ClN6O/c1-49-29-18-15-25-19-27(12-11-26(25)20-29)31-21-33(23-13-16-28(42)17-14-23)47-41-35(31)38-36(40(43)45-22-44-38)39(48-41)34-30-9-5-6-10-32(30)46-37(34)24-7-3-2-4-8-24/h2-22,46H,1H3,(H2,43,44,45). The van der Waals surface area contributed by atoms with Crippen LogP contribution in [0.25, 0.3) is 88.5 Å². The molecule has 3 N–H and O–H groups in total. The van der Waals surface area contributed by atoms with Gasteiger partial charge in [-0.1, -0.05) is 90.5 Å². The quantitative estimate of drug-likeness (QED) is 0.179. The minimum atomic E-state index is 0.344. The minimum absolute atomic E-state index is 0.344. The molecule has 49 heavy (non-hydrogen) atoms. The van der Waals surface area contributed by atoms with E-state index in [9.17, 15) is 0 Å². The number of ether oxygens (including phenoxy) is 1. The maximum atomic E-state index is 6.77. The van der Waals surface area contributed by atoms with Crippen molar-refractivity contribution >= 4 is 61.0 Å². The highest BCUT2D eigenvalue weighted by molar-refractivity contribution is 6.30. The Hall–Kier alpha value is -6.31. The zero-order valence-electron chi connectivity index (χ0n) is 26.3. The number of aromatic amines is 1. The number of halogens is 1. The fourth-order valence-electron chi connectivity index (χ4n) is 6.73. The molecule has 0 amide bonds. The van der Waals surface area contributed by atoms with Gasteiger partial charge in [0.1, 0.15) is 17.9 Å². The predicted octanol–water partition coefficient (Wildman–Crippen LogP) is 10.1. The average molecular weight is 655 g/mol. The van der Waals surface area contributed by atoms with E-state index in [0.29, 0.717) is 33.1 Å². The molecule has 4 aromatic heterocycles. The Bertz CT molecular complexity index is 2720. The number of benzene rings is 5. The van der Waals surface area contributed by atoms with Crippen LogP contribution in [0.3, 0.4) is 0 Å². The topological polar surface area (TPSA) is 103 Å². The molecule has 234 valence electrons. The number of nitrogens with one attached hydrogen (secondary N) is 1. The van der Waals surface area contributed by atoms with Crippen molar-refractivity contribution in [1.29, 1.82) is 0 Å². The van der Waals surface area contributed by atoms with Gasteiger partial charge in [0.15, 0.2) is 5.65 Å². The number of nitrogens with zero attached hydrogens (tertiary/aromatic N) is 4. The first kappa shape index (κ1) is 28.9. The number of para-hydroxylation sites is 1. The highest BCUT2D eigenvalue weighted by Crippen LogP contribution is 2.45. The Morgan fingerprint density at radius 1 is 0.694 bits per heavy atom. The van der Waals surface area contributed by atoms with Gasteiger partial charge in [-0.25, -0.2) is 19.9 Å². The molecule has 9 aromatic rings. The van der Waals surface area contributed by atoms with Crippen molar-refractivity contribution < 1.29 is 4.74 Å². The zero-order valence-corrected chi connectivity index (χ0v) is 27.0. The molecule has 0 fully saturated rings. The number of nitrogens with two attached hydrogens (primary N) is 1. The first-order chi connectivity index (χ1) is 24.1. The molecule has 0 bridgehead atoms. The Labute approximate surface area is 286 Å². The molecule has 0 spiro atoms. The number of hydrogen-bond acceptors (Lipinski definition) is 6. The Morgan fingerprint density at radius 2 is 1.45 bits per heavy atom. The van der Waals surface area contributed by atoms with Gasteiger partial charge in [-0.2, -0.15) is 0 Å². The molecule has 9 rings (SSSR count). The number of anilines is 1. The summed E-state index contributed by atoms with van der Waals surface area (Å²) in [7, 11) is 1.68. The number of H-pyrrole nitrogens is 1. The van der Waals surface area contributed by atoms with Crippen molar-refractivity contribution in [3.05, 3.63) is 133 Å². The van der Waals surface area contributed by atoms with Crippen LogP contribution in [0.5, 0.6) is 5.75 Å². The third kappa shape index (κ3) is 4.82. The predicted molar refractivity (Wildman–Crippen MR) is 200 cm³/mol. The molecule has 0 radical (unpaired) electrons. The lowest BCUT2D eigenvalue weighted by Gasteiger charge is -2.16. The summed E-state index contributed by atoms with van der Waals surface area (Å²) in [6.45, 7) is 0. The van der Waals surface area contributed by atoms with Gasteiger partial charge in [-0.15, -0.1) is 0 Å². The average Bonchev–Trinajstić information content (AvgIpc) is 3.54. The fraction of sp³-hybridized carbons (Fsp3) is 0.0244. The van der Waals surface area contributed by atoms with Gasteiger partial charge >= 0.3 is 0 Å². The summed E-state index contributed by atoms with van der Waals surface area (Å²) in [6.07, 6.45) is 1.51. The third-order valence-corrected chi connectivity index (χ3v) is 9.32. The molecule has 0 aliphatic carbocycles. The van der Waals surface area contributed by atoms with Gasteiger partial charge in [-0.05, 0) is 69.9 Å². The lowest BCUT2D eigenvalue weighted by Crippen LogP contribution is -2.02. The second-order valence-corrected chi connectivity index (χ2v) is 12.4. The number of fused-ring (bicyclic) bond motifs is 5. The Kier molecular flexibility index (Phi) is 6.74. The van der Waals surface area contributed by atoms with Gasteiger partial charge in [0, 0.05) is 27.1 Å². The van der Waals surface area contributed by atoms with Crippen molar-refractivity contribution in [2.75, 3.05) is 12.8 Å². The molecule has 5 aromatic carbocycles. The van der Waals surface area contributed by atoms with E-state index in [1.807, 2.05) is 66.7 Å². The summed E-state index contributed by atoms with van der Waals surface area (Å²) in [5, 5.41) is 5.27. The summed E-state index contributed by atoms with van der Waals surface area (Å²) in [6, 6.07) is 40.7. The van der Waals surface area contributed by atoms with E-state index in [1.165, 1.54) is 6.33 Å². The van der Waals surface area contributed by atoms with Crippen LogP contribution in [0, 0.1) is 0 Å². The molecule has 0 saturated carbocycles. The second kappa shape index (κ2) is 11.4. The van der Waals surface area contributed by atoms with Gasteiger partial charge in [-0.3, -0.25) is 0 Å². The highest BCUT2D eigenvalue weighted by atomic mass is 35.5. The lowest BCUT2D eigenvalue weighted by molar-refractivity contribution is 0.415. The van der Waals surface area contributed by atoms with Crippen LogP contribution in [0.1, 0.15) is 0 Å². The number of rotatable bonds is 5. The summed E-state index contributed by atoms with van der Waals surface area (Å²) in [5.74, 6) is 1.15. The molecule has 0 aliphatic rings. The van der Waals surface area contributed by atoms with E-state index in [2.05, 4.69) is 64.6 Å². The monoisotopic (exact) mass is 654 g/mol. The van der Waals surface area contributed by atoms with E-state index < -0.39 is 0 Å². The normalized spacial score (nSPS) is 11.6. The molecule has 0 saturated heterocycles. The van der Waals surface area contributed by atoms with Crippen molar-refractivity contribution in [2.24, 2.45) is 0 Å². The summed E-state index contributed by atoms with van der Waals surface area (Å²) >= 11 is 6.30. The molecule has 0 unspecified atom stereocenters. The molecule has 8 heteroatoms. The summed E-state index contributed by atoms with van der Waals surface area (Å²) in [4.78, 5) is 23.6. The second-order valence-electron chi connectivity index (χ2n) is 11.9. The molecule has 4 heterocycles. The first-order valence-electron chi connectivity index (χ1n) is 15.8. The maximum absolute atomic E-state index is 6.77. The van der Waals surface area contributed by atoms with E-state index in [-0.39, 0.29) is 0 Å². The van der Waals surface area contributed by atoms with E-state index in [4.69, 9.17) is 37.0 Å². The lowest BCUT2D eigenvalue weighted by atomic mass is 9.94. The zero-order chi connectivity index (χ0) is 33.1. The SMILES string of the molecule is COc1ccc2cc(-c3cc(-c4ccc(Cl)cc4)nc4nc(-c5c(-c6ccccc6)[nH]c6ccccc56)c5c(N)ncnc5c34)ccc2c1. The Balaban J connectivity index is 1.41. The molecule has 0 aliphatic heterocycles. The van der Waals surface area contributed by atoms with Gasteiger partial charge in [0.25, 0.3) is 0 Å². The molecular weight excluding hydrogens is 628 g/mol. The van der Waals surface area contributed by atoms with Crippen molar-refractivity contribution in [2.45, 2.75) is 0 Å². The minimum Gasteiger partial charge on any atom is -0.497 e. The largest absolute Gasteiger partial charge is 0.497 e. The Morgan fingerprint density at radius 3 is 2.29 bits per heavy atom. The van der Waals surface area contributed by atoms with Crippen LogP contribution >= 0.6 is 11.6 Å². The maximum Gasteiger partial charge on any atom is 0.163 e. The van der Waals surface area contributed by atoms with Crippen molar-refractivity contribution in [3.63, 3.8) is 0 Å². The van der Waals surface area contributed by atoms with Crippen molar-refractivity contribution in [1.82, 2.24) is 24.9 Å². The van der Waals surface area contributed by atoms with Crippen LogP contribution in [0.4, 0.5) is 5.82 Å². The van der Waals surface area contributed by atoms with Crippen LogP contribution in [-0.4, -0.2) is 32.0 Å². The number of nitrogen functional groups attached to an aromatic ring is 1. The number of methoxy groups -OCH3 is 1. The van der Waals surface area contributed by atoms with E-state index in [0.717, 1.165) is 72.0 Å². The molecule has 0 atom stereocenters. The number of aromatic nitrogens is 5. The fourth-order valence-corrected chi connectivity index (χ4v) is 6.86. The van der Waals surface area contributed by atoms with Crippen LogP contribution < -0.4 is 10.5 Å². The van der Waals surface area contributed by atoms with Crippen LogP contribution in [0.2, 0.25) is 5.02 Å². The summed E-state index contributed by atoms with van der Waals surface area (Å²) < 4.78 is 5.48. The highest BCUT2D eigenvalue weighted by Gasteiger charge is 2.24. The van der Waals surface area contributed by atoms with Crippen LogP contribution in [-0.2, 0) is 0 Å². The number of hydrogen-bond donors (Lipinski definition) is 2. The van der Waals surface area contributed by atoms with Gasteiger partial charge in [0.05, 0.1) is 40.5 Å². The van der Waals surface area contributed by atoms with E-state index in [1.54, 1.807) is 7.11 Å². The van der Waals surface area contributed by atoms with Crippen LogP contribution in [0.15, 0.2) is 128 Å². The first-order valence-corrected chi connectivity index (χ1v) is 16.2. The molecule has 7 nitrogen and oxygen atoms in total. The number of pyridine rings is 2. The van der Waals surface area contributed by atoms with Gasteiger partial charge in [0.2, 0.25) is 0 Å². The smallest absolute Gasteiger partial charge is 0.163 e. The van der Waals surface area contributed by atoms with Gasteiger partial charge < -0.3 is 15.5 Å². The van der Waals surface area contributed by atoms with Crippen molar-refractivity contribution in [3.8, 4) is 50.6 Å². The molecular formula is C41H27ClN6O.